The third-order valence-corrected chi connectivity index (χ3v) is 13.6. The lowest BCUT2D eigenvalue weighted by molar-refractivity contribution is -0.146. The molecule has 3 aromatic rings. The molecule has 2 bridgehead atoms. The molecule has 3 aliphatic heterocycles. The Morgan fingerprint density at radius 3 is 2.43 bits per heavy atom. The van der Waals surface area contributed by atoms with Crippen LogP contribution in [0.15, 0.2) is 36.4 Å². The van der Waals surface area contributed by atoms with Crippen molar-refractivity contribution in [3.63, 3.8) is 0 Å². The minimum Gasteiger partial charge on any atom is -0.497 e. The number of fused-ring (bicyclic) bond motifs is 7. The number of benzene rings is 2. The number of likely N-dealkylation sites (N-methyl/N-ethyl adjacent to an activating group) is 1. The maximum atomic E-state index is 15.3. The van der Waals surface area contributed by atoms with Crippen LogP contribution in [-0.4, -0.2) is 92.3 Å². The van der Waals surface area contributed by atoms with Crippen LogP contribution in [0.25, 0.3) is 22.2 Å². The van der Waals surface area contributed by atoms with Crippen molar-refractivity contribution < 1.29 is 22.7 Å². The van der Waals surface area contributed by atoms with Gasteiger partial charge in [0, 0.05) is 61.3 Å². The van der Waals surface area contributed by atoms with E-state index in [9.17, 15) is 13.2 Å². The summed E-state index contributed by atoms with van der Waals surface area (Å²) < 4.78 is 36.6. The van der Waals surface area contributed by atoms with Crippen molar-refractivity contribution in [3.05, 3.63) is 53.1 Å². The number of likely N-dealkylation sites (tertiary alicyclic amines) is 1. The molecule has 1 aromatic heterocycles. The smallest absolute Gasteiger partial charge is 0.303 e. The maximum absolute atomic E-state index is 15.3. The van der Waals surface area contributed by atoms with Crippen LogP contribution in [0, 0.1) is 5.41 Å². The molecule has 2 unspecified atom stereocenters. The van der Waals surface area contributed by atoms with Gasteiger partial charge in [-0.25, -0.2) is 4.72 Å². The average Bonchev–Trinajstić information content (AvgIpc) is 3.54. The normalized spacial score (nSPS) is 26.3. The number of aromatic nitrogens is 1. The lowest BCUT2D eigenvalue weighted by Gasteiger charge is -2.41. The quantitative estimate of drug-likeness (QED) is 0.355. The Morgan fingerprint density at radius 2 is 1.71 bits per heavy atom. The van der Waals surface area contributed by atoms with E-state index in [0.717, 1.165) is 95.8 Å². The minimum absolute atomic E-state index is 0.128. The van der Waals surface area contributed by atoms with E-state index in [2.05, 4.69) is 52.1 Å². The van der Waals surface area contributed by atoms with Gasteiger partial charge in [-0.1, -0.05) is 32.3 Å². The summed E-state index contributed by atoms with van der Waals surface area (Å²) in [4.78, 5) is 33.4. The highest BCUT2D eigenvalue weighted by Gasteiger charge is 2.51. The van der Waals surface area contributed by atoms with Crippen molar-refractivity contribution in [3.8, 4) is 17.0 Å². The monoisotopic (exact) mass is 689 g/mol. The first-order valence-corrected chi connectivity index (χ1v) is 19.4. The van der Waals surface area contributed by atoms with Crippen molar-refractivity contribution in [2.24, 2.45) is 5.41 Å². The number of carbonyl (C=O) groups excluding carboxylic acids is 2. The summed E-state index contributed by atoms with van der Waals surface area (Å²) in [6.07, 6.45) is 8.74. The molecule has 1 N–H and O–H groups in total. The van der Waals surface area contributed by atoms with E-state index < -0.39 is 21.5 Å². The van der Waals surface area contributed by atoms with Gasteiger partial charge in [0.15, 0.2) is 0 Å². The number of rotatable bonds is 6. The Hall–Kier alpha value is -3.41. The van der Waals surface area contributed by atoms with Gasteiger partial charge in [0.1, 0.15) is 5.75 Å². The molecule has 11 heteroatoms. The number of methoxy groups -OCH3 is 1. The van der Waals surface area contributed by atoms with E-state index in [-0.39, 0.29) is 29.5 Å². The van der Waals surface area contributed by atoms with Crippen LogP contribution in [-0.2, 0) is 21.5 Å². The van der Waals surface area contributed by atoms with E-state index in [1.807, 2.05) is 18.2 Å². The van der Waals surface area contributed by atoms with Gasteiger partial charge in [-0.15, -0.1) is 0 Å². The van der Waals surface area contributed by atoms with E-state index in [0.29, 0.717) is 12.5 Å². The number of amides is 2. The molecule has 10 nitrogen and oxygen atoms in total. The van der Waals surface area contributed by atoms with Crippen molar-refractivity contribution in [2.45, 2.75) is 95.7 Å². The molecule has 2 aromatic carbocycles. The van der Waals surface area contributed by atoms with E-state index in [4.69, 9.17) is 4.74 Å². The topological polar surface area (TPSA) is 104 Å². The Morgan fingerprint density at radius 1 is 0.980 bits per heavy atom. The van der Waals surface area contributed by atoms with Crippen LogP contribution in [0.2, 0.25) is 0 Å². The first kappa shape index (κ1) is 34.1. The highest BCUT2D eigenvalue weighted by atomic mass is 32.2. The third-order valence-electron chi connectivity index (χ3n) is 12.2. The first-order chi connectivity index (χ1) is 23.3. The molecule has 1 aliphatic carbocycles. The predicted octanol–water partition coefficient (Wildman–Crippen LogP) is 5.72. The van der Waals surface area contributed by atoms with Crippen LogP contribution in [0.3, 0.4) is 0 Å². The summed E-state index contributed by atoms with van der Waals surface area (Å²) in [5, 5.41) is 1.07. The van der Waals surface area contributed by atoms with Gasteiger partial charge < -0.3 is 19.1 Å². The van der Waals surface area contributed by atoms with E-state index in [1.165, 1.54) is 26.1 Å². The molecule has 7 rings (SSSR count). The molecule has 0 spiro atoms. The summed E-state index contributed by atoms with van der Waals surface area (Å²) in [5.74, 6) is 0.486. The molecule has 0 radical (unpaired) electrons. The van der Waals surface area contributed by atoms with Gasteiger partial charge in [0.25, 0.3) is 5.91 Å². The minimum atomic E-state index is -3.98. The van der Waals surface area contributed by atoms with Crippen LogP contribution < -0.4 is 9.46 Å². The Labute approximate surface area is 290 Å². The molecule has 2 amide bonds. The lowest BCUT2D eigenvalue weighted by atomic mass is 9.72. The third kappa shape index (κ3) is 5.75. The fourth-order valence-electron chi connectivity index (χ4n) is 9.22. The number of nitrogens with one attached hydrogen (secondary N) is 1. The van der Waals surface area contributed by atoms with Crippen molar-refractivity contribution >= 4 is 32.9 Å². The number of carbonyl (C=O) groups is 2. The molecule has 4 atom stereocenters. The first-order valence-electron chi connectivity index (χ1n) is 17.9. The highest BCUT2D eigenvalue weighted by Crippen LogP contribution is 2.53. The lowest BCUT2D eigenvalue weighted by Crippen LogP contribution is -2.52. The second-order valence-corrected chi connectivity index (χ2v) is 17.3. The summed E-state index contributed by atoms with van der Waals surface area (Å²) >= 11 is 0. The number of nitrogens with zero attached hydrogens (tertiary/aromatic N) is 4. The Kier molecular flexibility index (Phi) is 8.85. The second-order valence-electron chi connectivity index (χ2n) is 15.4. The summed E-state index contributed by atoms with van der Waals surface area (Å²) in [6.45, 7) is 6.65. The van der Waals surface area contributed by atoms with Gasteiger partial charge in [-0.05, 0) is 106 Å². The standard InChI is InChI=1S/C38H51N5O5S/c1-24-32-21-29(48-6)15-17-30(32)35-34(25-10-8-7-9-11-25)31-16-12-26(36(44)39-49(46,47)40(3)4)20-33(31)42(35)23-38(24,2)37(45)43-27-13-14-28(43)22-41(5)19-18-27/h12,15-17,20-21,24-25,27-28H,7-11,13-14,18-19,22-23H2,1-6H3,(H,39,44)/t24-,27?,28?,38-/m0/s1. The molecule has 4 heterocycles. The number of hydrogen-bond donors (Lipinski definition) is 1. The van der Waals surface area contributed by atoms with Crippen LogP contribution >= 0.6 is 0 Å². The van der Waals surface area contributed by atoms with Crippen LogP contribution in [0.5, 0.6) is 5.75 Å². The molecular weight excluding hydrogens is 639 g/mol. The Balaban J connectivity index is 1.45. The van der Waals surface area contributed by atoms with Gasteiger partial charge in [0.2, 0.25) is 5.91 Å². The largest absolute Gasteiger partial charge is 0.497 e. The number of ether oxygens (including phenoxy) is 1. The molecule has 4 aliphatic rings. The Bertz CT molecular complexity index is 1900. The van der Waals surface area contributed by atoms with Crippen molar-refractivity contribution in [2.75, 3.05) is 41.3 Å². The molecule has 2 saturated heterocycles. The fourth-order valence-corrected chi connectivity index (χ4v) is 9.75. The van der Waals surface area contributed by atoms with E-state index >= 15 is 4.79 Å². The van der Waals surface area contributed by atoms with Crippen LogP contribution in [0.1, 0.15) is 98.5 Å². The molecule has 49 heavy (non-hydrogen) atoms. The molecule has 3 fully saturated rings. The van der Waals surface area contributed by atoms with Crippen molar-refractivity contribution in [1.82, 2.24) is 23.4 Å². The maximum Gasteiger partial charge on any atom is 0.303 e. The highest BCUT2D eigenvalue weighted by molar-refractivity contribution is 7.87. The summed E-state index contributed by atoms with van der Waals surface area (Å²) in [6, 6.07) is 12.3. The zero-order valence-corrected chi connectivity index (χ0v) is 30.6. The zero-order chi connectivity index (χ0) is 34.8. The molecule has 264 valence electrons. The SMILES string of the molecule is COc1ccc2c(c1)[C@H](C)[C@@](C)(C(=O)N1C3CCC1CN(C)CC3)Cn1c-2c(C2CCCCC2)c2ccc(C(=O)NS(=O)(=O)N(C)C)cc21. The van der Waals surface area contributed by atoms with E-state index in [1.54, 1.807) is 13.2 Å². The molecular formula is C38H51N5O5S. The van der Waals surface area contributed by atoms with Gasteiger partial charge in [0.05, 0.1) is 18.2 Å². The summed E-state index contributed by atoms with van der Waals surface area (Å²) in [7, 11) is 2.65. The van der Waals surface area contributed by atoms with Gasteiger partial charge in [-0.2, -0.15) is 12.7 Å². The average molecular weight is 690 g/mol. The molecule has 1 saturated carbocycles. The predicted molar refractivity (Wildman–Crippen MR) is 192 cm³/mol. The van der Waals surface area contributed by atoms with Crippen LogP contribution in [0.4, 0.5) is 0 Å². The summed E-state index contributed by atoms with van der Waals surface area (Å²) in [5.41, 5.74) is 4.90. The van der Waals surface area contributed by atoms with Gasteiger partial charge >= 0.3 is 10.2 Å². The fraction of sp³-hybridized carbons (Fsp3) is 0.579. The van der Waals surface area contributed by atoms with Gasteiger partial charge in [-0.3, -0.25) is 9.59 Å². The number of hydrogen-bond acceptors (Lipinski definition) is 6. The van der Waals surface area contributed by atoms with Crippen molar-refractivity contribution in [1.29, 1.82) is 0 Å². The second kappa shape index (κ2) is 12.7. The zero-order valence-electron chi connectivity index (χ0n) is 29.8.